The van der Waals surface area contributed by atoms with Crippen molar-refractivity contribution in [2.45, 2.75) is 44.7 Å². The third-order valence-corrected chi connectivity index (χ3v) is 4.47. The lowest BCUT2D eigenvalue weighted by atomic mass is 9.91. The molecule has 1 aromatic carbocycles. The highest BCUT2D eigenvalue weighted by molar-refractivity contribution is 5.98. The minimum Gasteiger partial charge on any atom is -0.372 e. The van der Waals surface area contributed by atoms with Crippen molar-refractivity contribution in [3.63, 3.8) is 0 Å². The molecule has 1 aromatic heterocycles. The van der Waals surface area contributed by atoms with E-state index < -0.39 is 5.91 Å². The maximum atomic E-state index is 11.7. The third-order valence-electron chi connectivity index (χ3n) is 4.47. The highest BCUT2D eigenvalue weighted by Gasteiger charge is 2.23. The second kappa shape index (κ2) is 10.2. The summed E-state index contributed by atoms with van der Waals surface area (Å²) in [4.78, 5) is 29.0. The second-order valence-electron chi connectivity index (χ2n) is 6.65. The number of anilines is 3. The third kappa shape index (κ3) is 5.92. The van der Waals surface area contributed by atoms with Gasteiger partial charge in [-0.15, -0.1) is 0 Å². The average molecular weight is 385 g/mol. The molecule has 0 aliphatic heterocycles. The Morgan fingerprint density at radius 1 is 1.29 bits per heavy atom. The van der Waals surface area contributed by atoms with Crippen molar-refractivity contribution in [2.75, 3.05) is 10.6 Å². The van der Waals surface area contributed by atoms with Crippen molar-refractivity contribution in [3.05, 3.63) is 41.6 Å². The summed E-state index contributed by atoms with van der Waals surface area (Å²) in [6.45, 7) is 2.00. The number of aryl methyl sites for hydroxylation is 1. The maximum absolute atomic E-state index is 11.7. The van der Waals surface area contributed by atoms with Crippen LogP contribution in [0.1, 0.15) is 41.6 Å². The fraction of sp³-hybridized carbons (Fsp3) is 0.368. The summed E-state index contributed by atoms with van der Waals surface area (Å²) in [5.74, 6) is 0.263. The van der Waals surface area contributed by atoms with E-state index in [2.05, 4.69) is 26.3 Å². The second-order valence-corrected chi connectivity index (χ2v) is 6.65. The van der Waals surface area contributed by atoms with Crippen molar-refractivity contribution in [1.82, 2.24) is 9.97 Å². The number of hydrogen-bond acceptors (Lipinski definition) is 7. The fourth-order valence-electron chi connectivity index (χ4n) is 3.09. The van der Waals surface area contributed by atoms with E-state index in [-0.39, 0.29) is 24.1 Å². The summed E-state index contributed by atoms with van der Waals surface area (Å²) >= 11 is 0. The van der Waals surface area contributed by atoms with Crippen LogP contribution in [0.2, 0.25) is 0 Å². The molecule has 0 radical (unpaired) electrons. The molecular formula is C19H27N7O2. The molecule has 1 aliphatic carbocycles. The summed E-state index contributed by atoms with van der Waals surface area (Å²) in [5.41, 5.74) is 18.0. The zero-order chi connectivity index (χ0) is 20.5. The van der Waals surface area contributed by atoms with Crippen LogP contribution in [0.4, 0.5) is 17.5 Å². The molecule has 0 unspecified atom stereocenters. The Kier molecular flexibility index (Phi) is 7.70. The molecule has 2 atom stereocenters. The van der Waals surface area contributed by atoms with Gasteiger partial charge in [-0.25, -0.2) is 4.98 Å². The number of nitrogens with two attached hydrogens (primary N) is 3. The number of benzene rings is 1. The number of nitrogens with zero attached hydrogens (tertiary/aromatic N) is 2. The molecule has 2 amide bonds. The van der Waals surface area contributed by atoms with E-state index in [0.29, 0.717) is 11.8 Å². The van der Waals surface area contributed by atoms with Crippen molar-refractivity contribution in [1.29, 1.82) is 0 Å². The normalized spacial score (nSPS) is 18.4. The topological polar surface area (TPSA) is 162 Å². The lowest BCUT2D eigenvalue weighted by molar-refractivity contribution is -0.106. The van der Waals surface area contributed by atoms with Crippen LogP contribution in [0, 0.1) is 6.92 Å². The highest BCUT2D eigenvalue weighted by atomic mass is 16.1. The predicted octanol–water partition coefficient (Wildman–Crippen LogP) is 1.41. The summed E-state index contributed by atoms with van der Waals surface area (Å²) < 4.78 is 0. The van der Waals surface area contributed by atoms with Gasteiger partial charge in [0.2, 0.25) is 12.4 Å². The fourth-order valence-corrected chi connectivity index (χ4v) is 3.09. The molecule has 0 spiro atoms. The largest absolute Gasteiger partial charge is 0.372 e. The van der Waals surface area contributed by atoms with E-state index in [1.807, 2.05) is 31.2 Å². The van der Waals surface area contributed by atoms with E-state index in [1.165, 1.54) is 6.20 Å². The molecule has 2 aromatic rings. The zero-order valence-electron chi connectivity index (χ0n) is 15.9. The van der Waals surface area contributed by atoms with Gasteiger partial charge in [0.05, 0.1) is 0 Å². The first kappa shape index (κ1) is 21.1. The van der Waals surface area contributed by atoms with Gasteiger partial charge in [-0.05, 0) is 37.5 Å². The number of aromatic nitrogens is 2. The smallest absolute Gasteiger partial charge is 0.254 e. The molecule has 1 aliphatic rings. The molecule has 9 heteroatoms. The van der Waals surface area contributed by atoms with Gasteiger partial charge >= 0.3 is 0 Å². The molecule has 150 valence electrons. The van der Waals surface area contributed by atoms with Gasteiger partial charge in [-0.2, -0.15) is 4.98 Å². The number of rotatable bonds is 5. The van der Waals surface area contributed by atoms with E-state index in [4.69, 9.17) is 16.3 Å². The molecule has 0 bridgehead atoms. The molecule has 9 nitrogen and oxygen atoms in total. The van der Waals surface area contributed by atoms with Crippen LogP contribution >= 0.6 is 0 Å². The van der Waals surface area contributed by atoms with E-state index in [1.54, 1.807) is 0 Å². The summed E-state index contributed by atoms with van der Waals surface area (Å²) in [6.07, 6.45) is 5.97. The van der Waals surface area contributed by atoms with Crippen molar-refractivity contribution < 1.29 is 9.59 Å². The Bertz CT molecular complexity index is 813. The number of nitrogens with one attached hydrogen (secondary N) is 2. The van der Waals surface area contributed by atoms with Gasteiger partial charge in [0.25, 0.3) is 5.91 Å². The van der Waals surface area contributed by atoms with E-state index >= 15 is 0 Å². The van der Waals surface area contributed by atoms with Crippen LogP contribution in [0.25, 0.3) is 0 Å². The summed E-state index contributed by atoms with van der Waals surface area (Å²) in [6, 6.07) is 8.03. The van der Waals surface area contributed by atoms with Crippen LogP contribution < -0.4 is 27.8 Å². The lowest BCUT2D eigenvalue weighted by Crippen LogP contribution is -2.43. The SMILES string of the molecule is Cc1cccc(Nc2nc(N[C@@H]3CCCC[C@@H]3N)ncc2C(N)=O)c1.NC=O. The van der Waals surface area contributed by atoms with Gasteiger partial charge in [0.1, 0.15) is 11.4 Å². The number of hydrogen-bond donors (Lipinski definition) is 5. The van der Waals surface area contributed by atoms with Gasteiger partial charge in [-0.1, -0.05) is 25.0 Å². The Hall–Kier alpha value is -3.20. The van der Waals surface area contributed by atoms with Gasteiger partial charge in [0.15, 0.2) is 0 Å². The highest BCUT2D eigenvalue weighted by Crippen LogP contribution is 2.23. The first-order chi connectivity index (χ1) is 13.4. The number of carbonyl (C=O) groups is 2. The van der Waals surface area contributed by atoms with Gasteiger partial charge < -0.3 is 27.8 Å². The predicted molar refractivity (Wildman–Crippen MR) is 109 cm³/mol. The number of primary amides is 2. The van der Waals surface area contributed by atoms with Crippen LogP contribution in [0.3, 0.4) is 0 Å². The Morgan fingerprint density at radius 2 is 2.00 bits per heavy atom. The van der Waals surface area contributed by atoms with Crippen molar-refractivity contribution in [3.8, 4) is 0 Å². The zero-order valence-corrected chi connectivity index (χ0v) is 15.9. The van der Waals surface area contributed by atoms with Crippen molar-refractivity contribution in [2.24, 2.45) is 17.2 Å². The molecule has 0 saturated heterocycles. The first-order valence-electron chi connectivity index (χ1n) is 9.12. The molecular weight excluding hydrogens is 358 g/mol. The summed E-state index contributed by atoms with van der Waals surface area (Å²) in [5, 5.41) is 6.46. The minimum atomic E-state index is -0.573. The quantitative estimate of drug-likeness (QED) is 0.486. The van der Waals surface area contributed by atoms with Gasteiger partial charge in [0, 0.05) is 24.0 Å². The Balaban J connectivity index is 0.000000878. The lowest BCUT2D eigenvalue weighted by Gasteiger charge is -2.29. The molecule has 1 saturated carbocycles. The van der Waals surface area contributed by atoms with Crippen LogP contribution in [-0.2, 0) is 4.79 Å². The van der Waals surface area contributed by atoms with E-state index in [0.717, 1.165) is 36.9 Å². The summed E-state index contributed by atoms with van der Waals surface area (Å²) in [7, 11) is 0. The maximum Gasteiger partial charge on any atom is 0.254 e. The van der Waals surface area contributed by atoms with E-state index in [9.17, 15) is 4.79 Å². The molecule has 28 heavy (non-hydrogen) atoms. The van der Waals surface area contributed by atoms with Gasteiger partial charge in [-0.3, -0.25) is 9.59 Å². The standard InChI is InChI=1S/C18H24N6O.CH3NO/c1-11-5-4-6-12(9-11)22-17-13(16(20)25)10-21-18(24-17)23-15-8-3-2-7-14(15)19;2-1-3/h4-6,9-10,14-15H,2-3,7-8,19H2,1H3,(H2,20,25)(H2,21,22,23,24);1H,(H2,2,3)/t14-,15+;/m0./s1. The molecule has 1 fully saturated rings. The average Bonchev–Trinajstić information content (AvgIpc) is 2.64. The first-order valence-corrected chi connectivity index (χ1v) is 9.12. The van der Waals surface area contributed by atoms with Crippen LogP contribution in [0.15, 0.2) is 30.5 Å². The Labute approximate surface area is 164 Å². The van der Waals surface area contributed by atoms with Crippen molar-refractivity contribution >= 4 is 29.8 Å². The minimum absolute atomic E-state index is 0.0846. The Morgan fingerprint density at radius 3 is 2.64 bits per heavy atom. The van der Waals surface area contributed by atoms with Crippen LogP contribution in [-0.4, -0.2) is 34.4 Å². The number of amides is 2. The number of carbonyl (C=O) groups excluding carboxylic acids is 2. The monoisotopic (exact) mass is 385 g/mol. The molecule has 3 rings (SSSR count). The van der Waals surface area contributed by atoms with Crippen LogP contribution in [0.5, 0.6) is 0 Å². The molecule has 1 heterocycles. The molecule has 8 N–H and O–H groups in total.